The number of anilines is 2. The van der Waals surface area contributed by atoms with Gasteiger partial charge in [-0.1, -0.05) is 31.0 Å². The molecule has 0 saturated carbocycles. The number of carbonyl (C=O) groups is 1. The molecule has 0 atom stereocenters. The maximum absolute atomic E-state index is 13.2. The lowest BCUT2D eigenvalue weighted by atomic mass is 10.1. The normalized spacial score (nSPS) is 10.6. The molecule has 0 spiro atoms. The topological polar surface area (TPSA) is 78.4 Å². The summed E-state index contributed by atoms with van der Waals surface area (Å²) in [6.07, 6.45) is 7.37. The molecule has 0 aliphatic heterocycles. The Morgan fingerprint density at radius 2 is 1.63 bits per heavy atom. The van der Waals surface area contributed by atoms with Gasteiger partial charge in [0, 0.05) is 30.9 Å². The first-order valence-electron chi connectivity index (χ1n) is 10.0. The molecule has 156 valence electrons. The molecule has 0 radical (unpaired) electrons. The van der Waals surface area contributed by atoms with Crippen molar-refractivity contribution < 1.29 is 14.4 Å². The fourth-order valence-electron chi connectivity index (χ4n) is 3.18. The van der Waals surface area contributed by atoms with Crippen LogP contribution >= 0.6 is 0 Å². The van der Waals surface area contributed by atoms with Crippen molar-refractivity contribution in [3.8, 4) is 11.1 Å². The largest absolute Gasteiger partial charge is 0.311 e. The first-order valence-corrected chi connectivity index (χ1v) is 10.0. The number of pyridine rings is 2. The van der Waals surface area contributed by atoms with E-state index in [-0.39, 0.29) is 11.7 Å². The van der Waals surface area contributed by atoms with Gasteiger partial charge < -0.3 is 4.90 Å². The van der Waals surface area contributed by atoms with Crippen molar-refractivity contribution in [2.45, 2.75) is 32.1 Å². The highest BCUT2D eigenvalue weighted by Crippen LogP contribution is 2.25. The monoisotopic (exact) mass is 408 g/mol. The van der Waals surface area contributed by atoms with Crippen LogP contribution in [0.1, 0.15) is 32.1 Å². The van der Waals surface area contributed by atoms with Crippen LogP contribution in [0.4, 0.5) is 16.0 Å². The molecule has 2 aromatic heterocycles. The Kier molecular flexibility index (Phi) is 7.86. The van der Waals surface area contributed by atoms with E-state index in [0.717, 1.165) is 55.0 Å². The van der Waals surface area contributed by atoms with Gasteiger partial charge in [-0.2, -0.15) is 0 Å². The van der Waals surface area contributed by atoms with Crippen LogP contribution in [0.2, 0.25) is 0 Å². The van der Waals surface area contributed by atoms with E-state index in [0.29, 0.717) is 6.42 Å². The van der Waals surface area contributed by atoms with Gasteiger partial charge >= 0.3 is 0 Å². The molecular formula is C23H25FN4O2. The van der Waals surface area contributed by atoms with Gasteiger partial charge in [0.15, 0.2) is 0 Å². The minimum atomic E-state index is -0.351. The SMILES string of the molecule is O=C(CCCCCCN(c1ccccn1)c1ccc(-c2ccc(F)cc2)cn1)NO. The van der Waals surface area contributed by atoms with Gasteiger partial charge in [-0.15, -0.1) is 0 Å². The third kappa shape index (κ3) is 6.09. The fourth-order valence-corrected chi connectivity index (χ4v) is 3.18. The van der Waals surface area contributed by atoms with Gasteiger partial charge in [-0.3, -0.25) is 10.0 Å². The van der Waals surface area contributed by atoms with E-state index in [4.69, 9.17) is 5.21 Å². The van der Waals surface area contributed by atoms with Gasteiger partial charge in [0.25, 0.3) is 0 Å². The standard InChI is InChI=1S/C23H25FN4O2/c24-20-12-9-18(10-13-20)19-11-14-22(26-17-19)28(21-7-4-5-15-25-21)16-6-2-1-3-8-23(29)27-30/h4-5,7,9-15,17,30H,1-3,6,8,16H2,(H,27,29). The minimum absolute atomic E-state index is 0.262. The zero-order valence-electron chi connectivity index (χ0n) is 16.7. The maximum Gasteiger partial charge on any atom is 0.243 e. The molecule has 0 unspecified atom stereocenters. The second kappa shape index (κ2) is 11.0. The summed E-state index contributed by atoms with van der Waals surface area (Å²) in [5, 5.41) is 8.53. The van der Waals surface area contributed by atoms with E-state index >= 15 is 0 Å². The molecule has 0 aliphatic carbocycles. The minimum Gasteiger partial charge on any atom is -0.311 e. The summed E-state index contributed by atoms with van der Waals surface area (Å²) in [7, 11) is 0. The predicted octanol–water partition coefficient (Wildman–Crippen LogP) is 4.88. The summed E-state index contributed by atoms with van der Waals surface area (Å²) in [6.45, 7) is 0.742. The third-order valence-electron chi connectivity index (χ3n) is 4.79. The van der Waals surface area contributed by atoms with E-state index in [2.05, 4.69) is 14.9 Å². The molecule has 1 amide bonds. The Hall–Kier alpha value is -3.32. The molecule has 7 heteroatoms. The predicted molar refractivity (Wildman–Crippen MR) is 114 cm³/mol. The smallest absolute Gasteiger partial charge is 0.243 e. The number of amides is 1. The molecule has 0 saturated heterocycles. The highest BCUT2D eigenvalue weighted by atomic mass is 19.1. The van der Waals surface area contributed by atoms with Crippen LogP contribution in [0.25, 0.3) is 11.1 Å². The molecular weight excluding hydrogens is 383 g/mol. The molecule has 3 aromatic rings. The number of hydrogen-bond donors (Lipinski definition) is 2. The first kappa shape index (κ1) is 21.4. The van der Waals surface area contributed by atoms with Crippen LogP contribution in [0.15, 0.2) is 67.0 Å². The van der Waals surface area contributed by atoms with Crippen LogP contribution in [0, 0.1) is 5.82 Å². The summed E-state index contributed by atoms with van der Waals surface area (Å²) in [4.78, 5) is 22.2. The number of aromatic nitrogens is 2. The molecule has 2 N–H and O–H groups in total. The highest BCUT2D eigenvalue weighted by Gasteiger charge is 2.12. The molecule has 0 bridgehead atoms. The van der Waals surface area contributed by atoms with Gasteiger partial charge in [0.1, 0.15) is 17.5 Å². The van der Waals surface area contributed by atoms with Crippen LogP contribution in [0.3, 0.4) is 0 Å². The van der Waals surface area contributed by atoms with Crippen LogP contribution < -0.4 is 10.4 Å². The zero-order valence-corrected chi connectivity index (χ0v) is 16.7. The van der Waals surface area contributed by atoms with Crippen molar-refractivity contribution >= 4 is 17.5 Å². The molecule has 2 heterocycles. The van der Waals surface area contributed by atoms with Crippen molar-refractivity contribution in [2.75, 3.05) is 11.4 Å². The lowest BCUT2D eigenvalue weighted by Crippen LogP contribution is -2.20. The van der Waals surface area contributed by atoms with Crippen molar-refractivity contribution in [1.29, 1.82) is 0 Å². The Morgan fingerprint density at radius 1 is 0.900 bits per heavy atom. The Morgan fingerprint density at radius 3 is 2.30 bits per heavy atom. The Labute approximate surface area is 175 Å². The highest BCUT2D eigenvalue weighted by molar-refractivity contribution is 5.74. The van der Waals surface area contributed by atoms with E-state index in [1.807, 2.05) is 30.3 Å². The number of nitrogens with zero attached hydrogens (tertiary/aromatic N) is 3. The van der Waals surface area contributed by atoms with Crippen molar-refractivity contribution in [1.82, 2.24) is 15.4 Å². The van der Waals surface area contributed by atoms with E-state index in [1.54, 1.807) is 30.0 Å². The molecule has 1 aromatic carbocycles. The van der Waals surface area contributed by atoms with Crippen LogP contribution in [0.5, 0.6) is 0 Å². The lowest BCUT2D eigenvalue weighted by Gasteiger charge is -2.23. The van der Waals surface area contributed by atoms with E-state index < -0.39 is 0 Å². The van der Waals surface area contributed by atoms with E-state index in [1.165, 1.54) is 12.1 Å². The third-order valence-corrected chi connectivity index (χ3v) is 4.79. The lowest BCUT2D eigenvalue weighted by molar-refractivity contribution is -0.129. The molecule has 3 rings (SSSR count). The second-order valence-electron chi connectivity index (χ2n) is 6.95. The number of unbranched alkanes of at least 4 members (excludes halogenated alkanes) is 3. The van der Waals surface area contributed by atoms with Gasteiger partial charge in [-0.05, 0) is 54.8 Å². The summed E-state index contributed by atoms with van der Waals surface area (Å²) in [5.74, 6) is 0.996. The second-order valence-corrected chi connectivity index (χ2v) is 6.95. The maximum atomic E-state index is 13.2. The quantitative estimate of drug-likeness (QED) is 0.284. The van der Waals surface area contributed by atoms with Crippen molar-refractivity contribution in [2.24, 2.45) is 0 Å². The van der Waals surface area contributed by atoms with Crippen molar-refractivity contribution in [3.63, 3.8) is 0 Å². The fraction of sp³-hybridized carbons (Fsp3) is 0.261. The number of carbonyl (C=O) groups excluding carboxylic acids is 1. The Balaban J connectivity index is 1.65. The number of hydroxylamine groups is 1. The van der Waals surface area contributed by atoms with E-state index in [9.17, 15) is 9.18 Å². The number of halogens is 1. The number of rotatable bonds is 10. The number of nitrogens with one attached hydrogen (secondary N) is 1. The molecule has 0 aliphatic rings. The summed E-state index contributed by atoms with van der Waals surface area (Å²) >= 11 is 0. The number of hydrogen-bond acceptors (Lipinski definition) is 5. The van der Waals surface area contributed by atoms with Gasteiger partial charge in [-0.25, -0.2) is 19.8 Å². The molecule has 0 fully saturated rings. The average molecular weight is 408 g/mol. The average Bonchev–Trinajstić information content (AvgIpc) is 2.80. The molecule has 6 nitrogen and oxygen atoms in total. The van der Waals surface area contributed by atoms with Crippen LogP contribution in [-0.2, 0) is 4.79 Å². The number of benzene rings is 1. The zero-order chi connectivity index (χ0) is 21.2. The van der Waals surface area contributed by atoms with Gasteiger partial charge in [0.2, 0.25) is 5.91 Å². The summed E-state index contributed by atoms with van der Waals surface area (Å²) in [5.41, 5.74) is 3.48. The Bertz CT molecular complexity index is 918. The first-order chi connectivity index (χ1) is 14.7. The summed E-state index contributed by atoms with van der Waals surface area (Å²) < 4.78 is 13.2. The molecule has 30 heavy (non-hydrogen) atoms. The van der Waals surface area contributed by atoms with Gasteiger partial charge in [0.05, 0.1) is 0 Å². The van der Waals surface area contributed by atoms with Crippen LogP contribution in [-0.4, -0.2) is 27.6 Å². The summed E-state index contributed by atoms with van der Waals surface area (Å²) in [6, 6.07) is 16.0. The van der Waals surface area contributed by atoms with Crippen molar-refractivity contribution in [3.05, 3.63) is 72.8 Å².